The molecule has 0 saturated carbocycles. The minimum atomic E-state index is -0.343. The van der Waals surface area contributed by atoms with Gasteiger partial charge in [0.1, 0.15) is 18.1 Å². The standard InChI is InChI=1S/C22H16Cl2I2N2O3/c23-16-7-6-15(18(24)10-16)12-31-22-19(25)8-14(9-20(22)26)11-27-28-21(29)13-30-17-4-2-1-3-5-17/h1-11H,12-13H2,(H,28,29)/b27-11-. The van der Waals surface area contributed by atoms with Crippen molar-refractivity contribution >= 4 is 80.5 Å². The van der Waals surface area contributed by atoms with Crippen LogP contribution < -0.4 is 14.9 Å². The summed E-state index contributed by atoms with van der Waals surface area (Å²) in [5.41, 5.74) is 4.14. The van der Waals surface area contributed by atoms with Crippen molar-refractivity contribution in [1.82, 2.24) is 5.43 Å². The molecule has 0 atom stereocenters. The number of nitrogens with zero attached hydrogens (tertiary/aromatic N) is 1. The van der Waals surface area contributed by atoms with E-state index < -0.39 is 0 Å². The normalized spacial score (nSPS) is 10.8. The maximum atomic E-state index is 11.9. The SMILES string of the molecule is O=C(COc1ccccc1)N/N=C\c1cc(I)c(OCc2ccc(Cl)cc2Cl)c(I)c1. The van der Waals surface area contributed by atoms with Crippen LogP contribution in [0.25, 0.3) is 0 Å². The number of hydrogen-bond acceptors (Lipinski definition) is 4. The zero-order chi connectivity index (χ0) is 22.2. The quantitative estimate of drug-likeness (QED) is 0.172. The van der Waals surface area contributed by atoms with Crippen LogP contribution in [0.15, 0.2) is 65.8 Å². The molecule has 0 aliphatic rings. The van der Waals surface area contributed by atoms with Crippen molar-refractivity contribution in [3.8, 4) is 11.5 Å². The summed E-state index contributed by atoms with van der Waals surface area (Å²) in [6.45, 7) is 0.212. The molecule has 0 heterocycles. The minimum absolute atomic E-state index is 0.115. The van der Waals surface area contributed by atoms with Crippen LogP contribution in [0.2, 0.25) is 10.0 Å². The number of carbonyl (C=O) groups excluding carboxylic acids is 1. The number of ether oxygens (including phenoxy) is 2. The Labute approximate surface area is 217 Å². The molecule has 0 aliphatic heterocycles. The van der Waals surface area contributed by atoms with Gasteiger partial charge in [-0.15, -0.1) is 0 Å². The third-order valence-electron chi connectivity index (χ3n) is 3.92. The first-order valence-electron chi connectivity index (χ1n) is 8.98. The van der Waals surface area contributed by atoms with Gasteiger partial charge in [0.15, 0.2) is 6.61 Å². The molecule has 0 radical (unpaired) electrons. The van der Waals surface area contributed by atoms with E-state index in [1.165, 1.54) is 0 Å². The van der Waals surface area contributed by atoms with Gasteiger partial charge in [-0.25, -0.2) is 5.43 Å². The molecule has 5 nitrogen and oxygen atoms in total. The second-order valence-electron chi connectivity index (χ2n) is 6.23. The summed E-state index contributed by atoms with van der Waals surface area (Å²) in [4.78, 5) is 11.9. The molecule has 0 unspecified atom stereocenters. The van der Waals surface area contributed by atoms with Crippen LogP contribution in [0.4, 0.5) is 0 Å². The number of halogens is 4. The molecule has 0 saturated heterocycles. The fourth-order valence-corrected chi connectivity index (χ4v) is 5.05. The number of hydrazone groups is 1. The Kier molecular flexibility index (Phi) is 9.24. The molecule has 0 spiro atoms. The summed E-state index contributed by atoms with van der Waals surface area (Å²) in [6, 6.07) is 18.3. The first-order valence-corrected chi connectivity index (χ1v) is 11.9. The molecular weight excluding hydrogens is 665 g/mol. The molecule has 9 heteroatoms. The first-order chi connectivity index (χ1) is 14.9. The van der Waals surface area contributed by atoms with E-state index in [1.807, 2.05) is 36.4 Å². The number of benzene rings is 3. The monoisotopic (exact) mass is 680 g/mol. The van der Waals surface area contributed by atoms with Crippen molar-refractivity contribution in [1.29, 1.82) is 0 Å². The van der Waals surface area contributed by atoms with Crippen molar-refractivity contribution in [2.75, 3.05) is 6.61 Å². The smallest absolute Gasteiger partial charge is 0.277 e. The van der Waals surface area contributed by atoms with Gasteiger partial charge in [0, 0.05) is 15.6 Å². The molecule has 0 bridgehead atoms. The second kappa shape index (κ2) is 11.9. The third-order valence-corrected chi connectivity index (χ3v) is 6.11. The van der Waals surface area contributed by atoms with E-state index in [1.54, 1.807) is 30.5 Å². The lowest BCUT2D eigenvalue weighted by molar-refractivity contribution is -0.123. The zero-order valence-electron chi connectivity index (χ0n) is 15.9. The zero-order valence-corrected chi connectivity index (χ0v) is 21.8. The second-order valence-corrected chi connectivity index (χ2v) is 9.40. The van der Waals surface area contributed by atoms with Gasteiger partial charge in [-0.1, -0.05) is 47.5 Å². The lowest BCUT2D eigenvalue weighted by atomic mass is 10.2. The van der Waals surface area contributed by atoms with Crippen LogP contribution in [-0.2, 0) is 11.4 Å². The summed E-state index contributed by atoms with van der Waals surface area (Å²) in [6.07, 6.45) is 1.57. The average molecular weight is 681 g/mol. The summed E-state index contributed by atoms with van der Waals surface area (Å²) < 4.78 is 13.2. The predicted molar refractivity (Wildman–Crippen MR) is 140 cm³/mol. The van der Waals surface area contributed by atoms with E-state index >= 15 is 0 Å². The van der Waals surface area contributed by atoms with Gasteiger partial charge in [0.25, 0.3) is 5.91 Å². The molecule has 160 valence electrons. The van der Waals surface area contributed by atoms with Crippen LogP contribution in [0.1, 0.15) is 11.1 Å². The van der Waals surface area contributed by atoms with Gasteiger partial charge in [0.2, 0.25) is 0 Å². The van der Waals surface area contributed by atoms with Crippen molar-refractivity contribution in [2.24, 2.45) is 5.10 Å². The number of hydrogen-bond donors (Lipinski definition) is 1. The van der Waals surface area contributed by atoms with Gasteiger partial charge in [-0.2, -0.15) is 5.10 Å². The Morgan fingerprint density at radius 1 is 1.00 bits per heavy atom. The fraction of sp³-hybridized carbons (Fsp3) is 0.0909. The summed E-state index contributed by atoms with van der Waals surface area (Å²) in [5, 5.41) is 5.14. The number of para-hydroxylation sites is 1. The van der Waals surface area contributed by atoms with E-state index in [9.17, 15) is 4.79 Å². The third kappa shape index (κ3) is 7.51. The van der Waals surface area contributed by atoms with Crippen molar-refractivity contribution < 1.29 is 14.3 Å². The Hall–Kier alpha value is -1.56. The highest BCUT2D eigenvalue weighted by molar-refractivity contribution is 14.1. The highest BCUT2D eigenvalue weighted by Crippen LogP contribution is 2.30. The van der Waals surface area contributed by atoms with Crippen molar-refractivity contribution in [2.45, 2.75) is 6.61 Å². The maximum Gasteiger partial charge on any atom is 0.277 e. The Bertz CT molecular complexity index is 1070. The van der Waals surface area contributed by atoms with Gasteiger partial charge < -0.3 is 9.47 Å². The first kappa shape index (κ1) is 24.1. The molecule has 3 aromatic carbocycles. The molecule has 0 aromatic heterocycles. The number of amides is 1. The molecular formula is C22H16Cl2I2N2O3. The van der Waals surface area contributed by atoms with Gasteiger partial charge in [-0.05, 0) is 87.1 Å². The van der Waals surface area contributed by atoms with E-state index in [-0.39, 0.29) is 12.5 Å². The Balaban J connectivity index is 1.56. The van der Waals surface area contributed by atoms with Crippen molar-refractivity contribution in [3.05, 3.63) is 89.0 Å². The predicted octanol–water partition coefficient (Wildman–Crippen LogP) is 6.31. The Morgan fingerprint density at radius 2 is 1.71 bits per heavy atom. The van der Waals surface area contributed by atoms with Crippen molar-refractivity contribution in [3.63, 3.8) is 0 Å². The molecule has 3 rings (SSSR count). The molecule has 31 heavy (non-hydrogen) atoms. The lowest BCUT2D eigenvalue weighted by Crippen LogP contribution is -2.24. The maximum absolute atomic E-state index is 11.9. The topological polar surface area (TPSA) is 59.9 Å². The molecule has 0 fully saturated rings. The summed E-state index contributed by atoms with van der Waals surface area (Å²) in [7, 11) is 0. The van der Waals surface area contributed by atoms with Gasteiger partial charge in [0.05, 0.1) is 13.4 Å². The molecule has 1 amide bonds. The highest BCUT2D eigenvalue weighted by Gasteiger charge is 2.10. The van der Waals surface area contributed by atoms with Crippen LogP contribution in [-0.4, -0.2) is 18.7 Å². The molecule has 0 aliphatic carbocycles. The van der Waals surface area contributed by atoms with E-state index in [0.717, 1.165) is 24.0 Å². The van der Waals surface area contributed by atoms with Crippen LogP contribution in [0.5, 0.6) is 11.5 Å². The molecule has 3 aromatic rings. The van der Waals surface area contributed by atoms with E-state index in [0.29, 0.717) is 22.4 Å². The van der Waals surface area contributed by atoms with Crippen LogP contribution in [0.3, 0.4) is 0 Å². The van der Waals surface area contributed by atoms with Crippen LogP contribution in [0, 0.1) is 7.14 Å². The van der Waals surface area contributed by atoms with E-state index in [4.69, 9.17) is 32.7 Å². The van der Waals surface area contributed by atoms with Gasteiger partial charge >= 0.3 is 0 Å². The van der Waals surface area contributed by atoms with Crippen LogP contribution >= 0.6 is 68.4 Å². The van der Waals surface area contributed by atoms with Gasteiger partial charge in [-0.3, -0.25) is 4.79 Å². The fourth-order valence-electron chi connectivity index (χ4n) is 2.46. The average Bonchev–Trinajstić information content (AvgIpc) is 2.74. The lowest BCUT2D eigenvalue weighted by Gasteiger charge is -2.12. The Morgan fingerprint density at radius 3 is 2.39 bits per heavy atom. The summed E-state index contributed by atoms with van der Waals surface area (Å²) in [5.74, 6) is 1.04. The number of rotatable bonds is 8. The summed E-state index contributed by atoms with van der Waals surface area (Å²) >= 11 is 16.5. The highest BCUT2D eigenvalue weighted by atomic mass is 127. The minimum Gasteiger partial charge on any atom is -0.487 e. The largest absolute Gasteiger partial charge is 0.487 e. The van der Waals surface area contributed by atoms with E-state index in [2.05, 4.69) is 55.7 Å². The molecule has 1 N–H and O–H groups in total. The number of nitrogens with one attached hydrogen (secondary N) is 1. The number of carbonyl (C=O) groups is 1.